The third-order valence-electron chi connectivity index (χ3n) is 1.77. The fourth-order valence-corrected chi connectivity index (χ4v) is 1.07. The molecule has 16 heavy (non-hydrogen) atoms. The maximum absolute atomic E-state index is 12.2. The minimum atomic E-state index is -4.37. The SMILES string of the molecule is COCC(=O)Nc1ccc(C(F)(F)F)cc1. The smallest absolute Gasteiger partial charge is 0.375 e. The molecule has 0 spiro atoms. The lowest BCUT2D eigenvalue weighted by Crippen LogP contribution is -2.17. The van der Waals surface area contributed by atoms with E-state index in [1.54, 1.807) is 0 Å². The van der Waals surface area contributed by atoms with E-state index in [0.29, 0.717) is 5.69 Å². The average molecular weight is 233 g/mol. The molecule has 1 amide bonds. The Balaban J connectivity index is 2.69. The molecule has 1 rings (SSSR count). The van der Waals surface area contributed by atoms with Gasteiger partial charge < -0.3 is 10.1 Å². The first-order valence-corrected chi connectivity index (χ1v) is 4.39. The van der Waals surface area contributed by atoms with E-state index in [4.69, 9.17) is 0 Å². The van der Waals surface area contributed by atoms with Gasteiger partial charge in [-0.25, -0.2) is 0 Å². The van der Waals surface area contributed by atoms with E-state index in [0.717, 1.165) is 12.1 Å². The van der Waals surface area contributed by atoms with Gasteiger partial charge >= 0.3 is 6.18 Å². The van der Waals surface area contributed by atoms with Crippen LogP contribution in [0.4, 0.5) is 18.9 Å². The number of halogens is 3. The van der Waals surface area contributed by atoms with Gasteiger partial charge in [0.25, 0.3) is 0 Å². The molecule has 1 aromatic rings. The number of anilines is 1. The van der Waals surface area contributed by atoms with Crippen LogP contribution in [0.1, 0.15) is 5.56 Å². The number of methoxy groups -OCH3 is 1. The van der Waals surface area contributed by atoms with Gasteiger partial charge in [0.05, 0.1) is 5.56 Å². The molecule has 0 aliphatic heterocycles. The number of carbonyl (C=O) groups is 1. The summed E-state index contributed by atoms with van der Waals surface area (Å²) in [4.78, 5) is 11.0. The molecule has 0 radical (unpaired) electrons. The molecule has 0 saturated carbocycles. The Morgan fingerprint density at radius 2 is 1.88 bits per heavy atom. The van der Waals surface area contributed by atoms with Crippen molar-refractivity contribution >= 4 is 11.6 Å². The van der Waals surface area contributed by atoms with Crippen LogP contribution in [-0.2, 0) is 15.7 Å². The largest absolute Gasteiger partial charge is 0.416 e. The van der Waals surface area contributed by atoms with Gasteiger partial charge in [-0.3, -0.25) is 4.79 Å². The highest BCUT2D eigenvalue weighted by Gasteiger charge is 2.29. The number of benzene rings is 1. The summed E-state index contributed by atoms with van der Waals surface area (Å²) < 4.78 is 41.1. The average Bonchev–Trinajstić information content (AvgIpc) is 2.17. The molecule has 0 aliphatic rings. The molecule has 1 N–H and O–H groups in total. The monoisotopic (exact) mass is 233 g/mol. The van der Waals surface area contributed by atoms with Crippen LogP contribution in [0.3, 0.4) is 0 Å². The molecule has 0 fully saturated rings. The van der Waals surface area contributed by atoms with E-state index in [9.17, 15) is 18.0 Å². The summed E-state index contributed by atoms with van der Waals surface area (Å²) in [7, 11) is 1.35. The van der Waals surface area contributed by atoms with Crippen LogP contribution >= 0.6 is 0 Å². The molecule has 0 bridgehead atoms. The minimum Gasteiger partial charge on any atom is -0.375 e. The summed E-state index contributed by atoms with van der Waals surface area (Å²) >= 11 is 0. The molecule has 0 atom stereocenters. The third-order valence-corrected chi connectivity index (χ3v) is 1.77. The third kappa shape index (κ3) is 3.54. The molecular weight excluding hydrogens is 223 g/mol. The van der Waals surface area contributed by atoms with Crippen LogP contribution in [-0.4, -0.2) is 19.6 Å². The van der Waals surface area contributed by atoms with E-state index >= 15 is 0 Å². The second kappa shape index (κ2) is 4.98. The van der Waals surface area contributed by atoms with Crippen molar-refractivity contribution < 1.29 is 22.7 Å². The van der Waals surface area contributed by atoms with Gasteiger partial charge in [-0.15, -0.1) is 0 Å². The van der Waals surface area contributed by atoms with Gasteiger partial charge in [0, 0.05) is 12.8 Å². The molecule has 0 heterocycles. The Morgan fingerprint density at radius 1 is 1.31 bits per heavy atom. The zero-order valence-corrected chi connectivity index (χ0v) is 8.47. The maximum atomic E-state index is 12.2. The molecule has 88 valence electrons. The van der Waals surface area contributed by atoms with Crippen molar-refractivity contribution in [3.05, 3.63) is 29.8 Å². The Morgan fingerprint density at radius 3 is 2.31 bits per heavy atom. The second-order valence-corrected chi connectivity index (χ2v) is 3.06. The van der Waals surface area contributed by atoms with Crippen molar-refractivity contribution in [3.63, 3.8) is 0 Å². The van der Waals surface area contributed by atoms with E-state index < -0.39 is 17.6 Å². The summed E-state index contributed by atoms with van der Waals surface area (Å²) in [6.45, 7) is -0.138. The van der Waals surface area contributed by atoms with Crippen molar-refractivity contribution in [2.24, 2.45) is 0 Å². The topological polar surface area (TPSA) is 38.3 Å². The Kier molecular flexibility index (Phi) is 3.89. The molecule has 3 nitrogen and oxygen atoms in total. The van der Waals surface area contributed by atoms with Crippen LogP contribution in [0.15, 0.2) is 24.3 Å². The van der Waals surface area contributed by atoms with Gasteiger partial charge in [0.1, 0.15) is 6.61 Å². The molecule has 1 aromatic carbocycles. The van der Waals surface area contributed by atoms with E-state index in [-0.39, 0.29) is 6.61 Å². The first kappa shape index (κ1) is 12.5. The summed E-state index contributed by atoms with van der Waals surface area (Å²) in [6.07, 6.45) is -4.37. The van der Waals surface area contributed by atoms with Crippen LogP contribution in [0.5, 0.6) is 0 Å². The fourth-order valence-electron chi connectivity index (χ4n) is 1.07. The molecule has 6 heteroatoms. The number of amides is 1. The predicted octanol–water partition coefficient (Wildman–Crippen LogP) is 2.29. The molecule has 0 aromatic heterocycles. The number of rotatable bonds is 3. The van der Waals surface area contributed by atoms with Crippen molar-refractivity contribution in [2.45, 2.75) is 6.18 Å². The quantitative estimate of drug-likeness (QED) is 0.869. The maximum Gasteiger partial charge on any atom is 0.416 e. The van der Waals surface area contributed by atoms with Gasteiger partial charge in [-0.05, 0) is 24.3 Å². The highest BCUT2D eigenvalue weighted by Crippen LogP contribution is 2.29. The van der Waals surface area contributed by atoms with Crippen LogP contribution < -0.4 is 5.32 Å². The first-order valence-electron chi connectivity index (χ1n) is 4.39. The van der Waals surface area contributed by atoms with E-state index in [2.05, 4.69) is 10.1 Å². The standard InChI is InChI=1S/C10H10F3NO2/c1-16-6-9(15)14-8-4-2-7(3-5-8)10(11,12)13/h2-5H,6H2,1H3,(H,14,15). The molecule has 0 aliphatic carbocycles. The Bertz CT molecular complexity index is 359. The lowest BCUT2D eigenvalue weighted by atomic mass is 10.2. The lowest BCUT2D eigenvalue weighted by Gasteiger charge is -2.08. The Hall–Kier alpha value is -1.56. The van der Waals surface area contributed by atoms with Crippen molar-refractivity contribution in [2.75, 3.05) is 19.0 Å². The first-order chi connectivity index (χ1) is 7.43. The zero-order valence-electron chi connectivity index (χ0n) is 8.47. The van der Waals surface area contributed by atoms with Gasteiger partial charge in [-0.1, -0.05) is 0 Å². The van der Waals surface area contributed by atoms with Crippen molar-refractivity contribution in [3.8, 4) is 0 Å². The minimum absolute atomic E-state index is 0.138. The van der Waals surface area contributed by atoms with Gasteiger partial charge in [0.15, 0.2) is 0 Å². The van der Waals surface area contributed by atoms with Crippen molar-refractivity contribution in [1.82, 2.24) is 0 Å². The van der Waals surface area contributed by atoms with Crippen LogP contribution in [0, 0.1) is 0 Å². The van der Waals surface area contributed by atoms with Gasteiger partial charge in [-0.2, -0.15) is 13.2 Å². The highest BCUT2D eigenvalue weighted by molar-refractivity contribution is 5.91. The summed E-state index contributed by atoms with van der Waals surface area (Å²) in [5.41, 5.74) is -0.452. The summed E-state index contributed by atoms with van der Waals surface area (Å²) in [5, 5.41) is 2.39. The highest BCUT2D eigenvalue weighted by atomic mass is 19.4. The normalized spacial score (nSPS) is 11.2. The fraction of sp³-hybridized carbons (Fsp3) is 0.300. The number of carbonyl (C=O) groups excluding carboxylic acids is 1. The number of alkyl halides is 3. The van der Waals surface area contributed by atoms with Crippen LogP contribution in [0.2, 0.25) is 0 Å². The summed E-state index contributed by atoms with van der Waals surface area (Å²) in [5.74, 6) is -0.415. The zero-order chi connectivity index (χ0) is 12.2. The number of ether oxygens (including phenoxy) is 1. The van der Waals surface area contributed by atoms with E-state index in [1.165, 1.54) is 19.2 Å². The number of hydrogen-bond acceptors (Lipinski definition) is 2. The Labute approximate surface area is 90.2 Å². The second-order valence-electron chi connectivity index (χ2n) is 3.06. The van der Waals surface area contributed by atoms with Crippen LogP contribution in [0.25, 0.3) is 0 Å². The molecule has 0 saturated heterocycles. The van der Waals surface area contributed by atoms with Gasteiger partial charge in [0.2, 0.25) is 5.91 Å². The van der Waals surface area contributed by atoms with Crippen molar-refractivity contribution in [1.29, 1.82) is 0 Å². The van der Waals surface area contributed by atoms with E-state index in [1.807, 2.05) is 0 Å². The molecular formula is C10H10F3NO2. The number of hydrogen-bond donors (Lipinski definition) is 1. The lowest BCUT2D eigenvalue weighted by molar-refractivity contribution is -0.137. The predicted molar refractivity (Wildman–Crippen MR) is 51.9 cm³/mol. The number of nitrogens with one attached hydrogen (secondary N) is 1. The summed E-state index contributed by atoms with van der Waals surface area (Å²) in [6, 6.07) is 4.19. The molecule has 0 unspecified atom stereocenters.